The lowest BCUT2D eigenvalue weighted by atomic mass is 9.88. The maximum absolute atomic E-state index is 15.3. The Bertz CT molecular complexity index is 1370. The minimum atomic E-state index is -1.21. The Morgan fingerprint density at radius 3 is 2.55 bits per heavy atom. The Balaban J connectivity index is 1.35. The Hall–Kier alpha value is -2.82. The van der Waals surface area contributed by atoms with Crippen molar-refractivity contribution < 1.29 is 27.7 Å². The van der Waals surface area contributed by atoms with Crippen molar-refractivity contribution in [3.8, 4) is 11.5 Å². The SMILES string of the molecule is CC(C)c1cn(COCC[Si](C)(C)C)c2nccc(Oc3c(F)cc(CC4=NCC5(CCOC5)CO4)cc3F)c12. The van der Waals surface area contributed by atoms with Crippen LogP contribution in [0.5, 0.6) is 11.5 Å². The highest BCUT2D eigenvalue weighted by Crippen LogP contribution is 2.38. The first-order valence-corrected chi connectivity index (χ1v) is 17.7. The number of pyridine rings is 1. The third kappa shape index (κ3) is 6.39. The lowest BCUT2D eigenvalue weighted by Gasteiger charge is -2.30. The fourth-order valence-corrected chi connectivity index (χ4v) is 5.81. The smallest absolute Gasteiger partial charge is 0.198 e. The van der Waals surface area contributed by atoms with Crippen molar-refractivity contribution >= 4 is 25.0 Å². The Kier molecular flexibility index (Phi) is 8.31. The van der Waals surface area contributed by atoms with Crippen molar-refractivity contribution in [2.75, 3.05) is 33.0 Å². The fourth-order valence-electron chi connectivity index (χ4n) is 5.05. The third-order valence-corrected chi connectivity index (χ3v) is 9.25. The van der Waals surface area contributed by atoms with Gasteiger partial charge in [0, 0.05) is 45.5 Å². The van der Waals surface area contributed by atoms with Crippen LogP contribution in [0, 0.1) is 17.0 Å². The molecule has 2 aliphatic rings. The molecule has 4 heterocycles. The maximum Gasteiger partial charge on any atom is 0.198 e. The number of fused-ring (bicyclic) bond motifs is 1. The van der Waals surface area contributed by atoms with E-state index in [4.69, 9.17) is 18.9 Å². The van der Waals surface area contributed by atoms with Gasteiger partial charge in [-0.15, -0.1) is 0 Å². The number of benzene rings is 1. The highest BCUT2D eigenvalue weighted by Gasteiger charge is 2.38. The molecule has 2 aliphatic heterocycles. The molecule has 7 nitrogen and oxygen atoms in total. The van der Waals surface area contributed by atoms with E-state index in [1.807, 2.05) is 10.8 Å². The lowest BCUT2D eigenvalue weighted by Crippen LogP contribution is -2.36. The molecule has 0 aliphatic carbocycles. The van der Waals surface area contributed by atoms with Crippen LogP contribution in [0.15, 0.2) is 35.6 Å². The third-order valence-electron chi connectivity index (χ3n) is 7.54. The van der Waals surface area contributed by atoms with Gasteiger partial charge in [-0.05, 0) is 47.7 Å². The normalized spacial score (nSPS) is 19.4. The van der Waals surface area contributed by atoms with Crippen molar-refractivity contribution in [2.24, 2.45) is 10.4 Å². The van der Waals surface area contributed by atoms with E-state index in [1.54, 1.807) is 12.3 Å². The van der Waals surface area contributed by atoms with Crippen LogP contribution in [0.25, 0.3) is 11.0 Å². The summed E-state index contributed by atoms with van der Waals surface area (Å²) in [6.45, 7) is 14.6. The molecule has 0 N–H and O–H groups in total. The van der Waals surface area contributed by atoms with Gasteiger partial charge in [0.25, 0.3) is 0 Å². The first-order valence-electron chi connectivity index (χ1n) is 14.0. The van der Waals surface area contributed by atoms with E-state index in [-0.39, 0.29) is 17.8 Å². The molecule has 1 spiro atoms. The number of ether oxygens (including phenoxy) is 4. The summed E-state index contributed by atoms with van der Waals surface area (Å²) in [5.74, 6) is -1.03. The molecule has 1 unspecified atom stereocenters. The molecule has 0 saturated carbocycles. The van der Waals surface area contributed by atoms with E-state index in [2.05, 4.69) is 43.5 Å². The van der Waals surface area contributed by atoms with Crippen LogP contribution in [0.3, 0.4) is 0 Å². The zero-order valence-corrected chi connectivity index (χ0v) is 25.1. The molecular weight excluding hydrogens is 532 g/mol. The standard InChI is InChI=1S/C30H39F2N3O4Si/c1-20(2)22-15-35(19-37-10-11-40(3,4)5)29-27(22)25(6-8-33-29)39-28-23(31)12-21(13-24(28)32)14-26-34-16-30(18-38-26)7-9-36-17-30/h6,8,12-13,15,20H,7,9-11,14,16-19H2,1-5H3. The maximum atomic E-state index is 15.3. The van der Waals surface area contributed by atoms with Crippen molar-refractivity contribution in [1.82, 2.24) is 9.55 Å². The van der Waals surface area contributed by atoms with Crippen LogP contribution in [0.4, 0.5) is 8.78 Å². The minimum Gasteiger partial charge on any atom is -0.480 e. The first-order chi connectivity index (χ1) is 19.0. The Morgan fingerprint density at radius 1 is 1.15 bits per heavy atom. The summed E-state index contributed by atoms with van der Waals surface area (Å²) in [5, 5.41) is 0.726. The second-order valence-electron chi connectivity index (χ2n) is 12.5. The van der Waals surface area contributed by atoms with E-state index < -0.39 is 25.5 Å². The summed E-state index contributed by atoms with van der Waals surface area (Å²) in [6, 6.07) is 5.28. The van der Waals surface area contributed by atoms with Crippen LogP contribution in [0.2, 0.25) is 25.7 Å². The highest BCUT2D eigenvalue weighted by atomic mass is 28.3. The molecule has 2 aromatic heterocycles. The summed E-state index contributed by atoms with van der Waals surface area (Å²) in [7, 11) is -1.21. The Labute approximate surface area is 235 Å². The van der Waals surface area contributed by atoms with Crippen molar-refractivity contribution in [2.45, 2.75) is 65.0 Å². The number of rotatable bonds is 10. The van der Waals surface area contributed by atoms with Crippen LogP contribution in [0.1, 0.15) is 37.3 Å². The van der Waals surface area contributed by atoms with Crippen molar-refractivity contribution in [1.29, 1.82) is 0 Å². The monoisotopic (exact) mass is 571 g/mol. The van der Waals surface area contributed by atoms with E-state index in [0.717, 1.165) is 23.4 Å². The topological polar surface area (TPSA) is 67.1 Å². The number of nitrogens with zero attached hydrogens (tertiary/aromatic N) is 3. The second kappa shape index (κ2) is 11.6. The second-order valence-corrected chi connectivity index (χ2v) is 18.2. The van der Waals surface area contributed by atoms with E-state index in [0.29, 0.717) is 62.6 Å². The fraction of sp³-hybridized carbons (Fsp3) is 0.533. The summed E-state index contributed by atoms with van der Waals surface area (Å²) >= 11 is 0. The van der Waals surface area contributed by atoms with Crippen LogP contribution >= 0.6 is 0 Å². The molecule has 216 valence electrons. The molecule has 1 atom stereocenters. The predicted octanol–water partition coefficient (Wildman–Crippen LogP) is 6.92. The average Bonchev–Trinajstić information content (AvgIpc) is 3.50. The number of aromatic nitrogens is 2. The minimum absolute atomic E-state index is 0.0680. The van der Waals surface area contributed by atoms with Crippen molar-refractivity contribution in [3.05, 3.63) is 53.4 Å². The van der Waals surface area contributed by atoms with Gasteiger partial charge in [-0.25, -0.2) is 13.8 Å². The predicted molar refractivity (Wildman–Crippen MR) is 154 cm³/mol. The van der Waals surface area contributed by atoms with Crippen LogP contribution < -0.4 is 4.74 Å². The van der Waals surface area contributed by atoms with Gasteiger partial charge in [-0.1, -0.05) is 33.5 Å². The summed E-state index contributed by atoms with van der Waals surface area (Å²) < 4.78 is 55.7. The van der Waals surface area contributed by atoms with E-state index >= 15 is 8.78 Å². The van der Waals surface area contributed by atoms with Gasteiger partial charge in [0.05, 0.1) is 25.1 Å². The van der Waals surface area contributed by atoms with Crippen molar-refractivity contribution in [3.63, 3.8) is 0 Å². The molecule has 1 aromatic carbocycles. The number of hydrogen-bond acceptors (Lipinski definition) is 6. The van der Waals surface area contributed by atoms with Gasteiger partial charge in [-0.2, -0.15) is 0 Å². The quantitative estimate of drug-likeness (QED) is 0.195. The molecule has 1 fully saturated rings. The number of hydrogen-bond donors (Lipinski definition) is 0. The van der Waals surface area contributed by atoms with Crippen LogP contribution in [-0.2, 0) is 27.4 Å². The van der Waals surface area contributed by atoms with Crippen LogP contribution in [-0.4, -0.2) is 56.5 Å². The lowest BCUT2D eigenvalue weighted by molar-refractivity contribution is 0.0897. The molecular formula is C30H39F2N3O4Si. The average molecular weight is 572 g/mol. The van der Waals surface area contributed by atoms with Gasteiger partial charge < -0.3 is 23.5 Å². The van der Waals surface area contributed by atoms with Gasteiger partial charge in [0.1, 0.15) is 18.1 Å². The zero-order chi connectivity index (χ0) is 28.5. The van der Waals surface area contributed by atoms with Gasteiger partial charge >= 0.3 is 0 Å². The highest BCUT2D eigenvalue weighted by molar-refractivity contribution is 6.76. The van der Waals surface area contributed by atoms with E-state index in [1.165, 1.54) is 12.1 Å². The van der Waals surface area contributed by atoms with Gasteiger partial charge in [0.15, 0.2) is 23.3 Å². The Morgan fingerprint density at radius 2 is 1.93 bits per heavy atom. The summed E-state index contributed by atoms with van der Waals surface area (Å²) in [4.78, 5) is 9.08. The largest absolute Gasteiger partial charge is 0.480 e. The molecule has 5 rings (SSSR count). The number of halogens is 2. The molecule has 0 bridgehead atoms. The summed E-state index contributed by atoms with van der Waals surface area (Å²) in [5.41, 5.74) is 2.00. The van der Waals surface area contributed by atoms with Gasteiger partial charge in [0.2, 0.25) is 0 Å². The summed E-state index contributed by atoms with van der Waals surface area (Å²) in [6.07, 6.45) is 4.70. The molecule has 40 heavy (non-hydrogen) atoms. The molecule has 1 saturated heterocycles. The molecule has 0 radical (unpaired) electrons. The molecule has 0 amide bonds. The molecule has 3 aromatic rings. The zero-order valence-electron chi connectivity index (χ0n) is 24.1. The van der Waals surface area contributed by atoms with E-state index in [9.17, 15) is 0 Å². The van der Waals surface area contributed by atoms with Gasteiger partial charge in [-0.3, -0.25) is 4.99 Å². The first kappa shape index (κ1) is 28.7. The number of aliphatic imine (C=N–C) groups is 1. The molecule has 10 heteroatoms.